The molecule has 0 aliphatic heterocycles. The van der Waals surface area contributed by atoms with Gasteiger partial charge < -0.3 is 9.30 Å². The van der Waals surface area contributed by atoms with E-state index < -0.39 is 5.97 Å². The molecule has 6 nitrogen and oxygen atoms in total. The molecule has 0 radical (unpaired) electrons. The smallest absolute Gasteiger partial charge is 0.376 e. The Morgan fingerprint density at radius 2 is 2.00 bits per heavy atom. The van der Waals surface area contributed by atoms with E-state index >= 15 is 0 Å². The second-order valence-electron chi connectivity index (χ2n) is 3.55. The van der Waals surface area contributed by atoms with E-state index in [9.17, 15) is 4.79 Å². The van der Waals surface area contributed by atoms with Crippen molar-refractivity contribution < 1.29 is 9.53 Å². The van der Waals surface area contributed by atoms with Crippen LogP contribution in [0.15, 0.2) is 24.5 Å². The maximum Gasteiger partial charge on any atom is 0.376 e. The Bertz CT molecular complexity index is 536. The van der Waals surface area contributed by atoms with Gasteiger partial charge in [-0.1, -0.05) is 0 Å². The number of hydrogen-bond donors (Lipinski definition) is 0. The van der Waals surface area contributed by atoms with Gasteiger partial charge in [0, 0.05) is 24.5 Å². The second kappa shape index (κ2) is 5.39. The minimum atomic E-state index is -0.452. The Morgan fingerprint density at radius 3 is 2.61 bits per heavy atom. The fraction of sp³-hybridized carbons (Fsp3) is 0.333. The molecule has 0 spiro atoms. The minimum absolute atomic E-state index is 0.228. The van der Waals surface area contributed by atoms with Crippen LogP contribution in [0.4, 0.5) is 0 Å². The lowest BCUT2D eigenvalue weighted by atomic mass is 10.2. The first-order chi connectivity index (χ1) is 8.77. The molecule has 0 bridgehead atoms. The van der Waals surface area contributed by atoms with E-state index in [0.717, 1.165) is 5.56 Å². The predicted molar refractivity (Wildman–Crippen MR) is 64.9 cm³/mol. The summed E-state index contributed by atoms with van der Waals surface area (Å²) in [6.07, 6.45) is 3.35. The average molecular weight is 246 g/mol. The summed E-state index contributed by atoms with van der Waals surface area (Å²) in [6.45, 7) is 4.60. The third kappa shape index (κ3) is 2.22. The highest BCUT2D eigenvalue weighted by molar-refractivity contribution is 5.86. The number of rotatable bonds is 4. The average Bonchev–Trinajstić information content (AvgIpc) is 2.83. The Labute approximate surface area is 105 Å². The number of carbonyl (C=O) groups is 1. The van der Waals surface area contributed by atoms with Crippen LogP contribution in [0.2, 0.25) is 0 Å². The molecule has 0 saturated carbocycles. The van der Waals surface area contributed by atoms with Crippen LogP contribution < -0.4 is 0 Å². The molecule has 2 heterocycles. The van der Waals surface area contributed by atoms with Crippen molar-refractivity contribution in [3.8, 4) is 11.4 Å². The molecule has 0 fully saturated rings. The summed E-state index contributed by atoms with van der Waals surface area (Å²) in [6, 6.07) is 3.65. The number of aromatic nitrogens is 4. The van der Waals surface area contributed by atoms with Crippen molar-refractivity contribution >= 4 is 5.97 Å². The highest BCUT2D eigenvalue weighted by Crippen LogP contribution is 2.17. The quantitative estimate of drug-likeness (QED) is 0.765. The molecular formula is C12H14N4O2. The van der Waals surface area contributed by atoms with E-state index in [1.54, 1.807) is 23.9 Å². The van der Waals surface area contributed by atoms with Crippen molar-refractivity contribution in [3.63, 3.8) is 0 Å². The van der Waals surface area contributed by atoms with Crippen molar-refractivity contribution in [1.82, 2.24) is 19.7 Å². The lowest BCUT2D eigenvalue weighted by molar-refractivity contribution is 0.0506. The Balaban J connectivity index is 2.42. The van der Waals surface area contributed by atoms with Crippen molar-refractivity contribution in [3.05, 3.63) is 30.4 Å². The van der Waals surface area contributed by atoms with E-state index in [2.05, 4.69) is 15.2 Å². The van der Waals surface area contributed by atoms with E-state index in [1.807, 2.05) is 19.1 Å². The third-order valence-corrected chi connectivity index (χ3v) is 2.46. The van der Waals surface area contributed by atoms with Gasteiger partial charge in [0.05, 0.1) is 6.61 Å². The molecule has 18 heavy (non-hydrogen) atoms. The molecule has 2 rings (SSSR count). The van der Waals surface area contributed by atoms with E-state index in [-0.39, 0.29) is 5.82 Å². The molecule has 0 N–H and O–H groups in total. The van der Waals surface area contributed by atoms with Gasteiger partial charge in [-0.05, 0) is 26.0 Å². The lowest BCUT2D eigenvalue weighted by Gasteiger charge is -2.06. The molecule has 94 valence electrons. The van der Waals surface area contributed by atoms with E-state index in [4.69, 9.17) is 4.74 Å². The summed E-state index contributed by atoms with van der Waals surface area (Å²) >= 11 is 0. The van der Waals surface area contributed by atoms with E-state index in [0.29, 0.717) is 19.0 Å². The van der Waals surface area contributed by atoms with Crippen LogP contribution in [0.3, 0.4) is 0 Å². The number of nitrogens with zero attached hydrogens (tertiary/aromatic N) is 4. The van der Waals surface area contributed by atoms with Gasteiger partial charge in [-0.15, -0.1) is 10.2 Å². The van der Waals surface area contributed by atoms with Crippen LogP contribution in [0, 0.1) is 0 Å². The number of esters is 1. The summed E-state index contributed by atoms with van der Waals surface area (Å²) in [5.74, 6) is 0.418. The van der Waals surface area contributed by atoms with Crippen molar-refractivity contribution in [2.24, 2.45) is 0 Å². The van der Waals surface area contributed by atoms with Gasteiger partial charge in [0.25, 0.3) is 0 Å². The van der Waals surface area contributed by atoms with E-state index in [1.165, 1.54) is 0 Å². The molecule has 2 aromatic rings. The summed E-state index contributed by atoms with van der Waals surface area (Å²) in [5, 5.41) is 7.94. The zero-order valence-electron chi connectivity index (χ0n) is 10.3. The Kier molecular flexibility index (Phi) is 3.66. The predicted octanol–water partition coefficient (Wildman–Crippen LogP) is 1.54. The number of pyridine rings is 1. The summed E-state index contributed by atoms with van der Waals surface area (Å²) in [7, 11) is 0. The van der Waals surface area contributed by atoms with Crippen molar-refractivity contribution in [2.45, 2.75) is 20.4 Å². The molecule has 0 amide bonds. The molecule has 0 aromatic carbocycles. The van der Waals surface area contributed by atoms with Gasteiger partial charge >= 0.3 is 5.97 Å². The van der Waals surface area contributed by atoms with Crippen molar-refractivity contribution in [1.29, 1.82) is 0 Å². The molecule has 0 aliphatic rings. The molecule has 0 unspecified atom stereocenters. The number of carbonyl (C=O) groups excluding carboxylic acids is 1. The number of hydrogen-bond acceptors (Lipinski definition) is 5. The topological polar surface area (TPSA) is 69.9 Å². The second-order valence-corrected chi connectivity index (χ2v) is 3.55. The lowest BCUT2D eigenvalue weighted by Crippen LogP contribution is -2.13. The molecule has 0 atom stereocenters. The number of ether oxygens (including phenoxy) is 1. The summed E-state index contributed by atoms with van der Waals surface area (Å²) in [4.78, 5) is 15.7. The normalized spacial score (nSPS) is 10.3. The maximum absolute atomic E-state index is 11.7. The summed E-state index contributed by atoms with van der Waals surface area (Å²) < 4.78 is 6.67. The first-order valence-corrected chi connectivity index (χ1v) is 5.78. The van der Waals surface area contributed by atoms with Crippen LogP contribution in [-0.4, -0.2) is 32.3 Å². The zero-order chi connectivity index (χ0) is 13.0. The van der Waals surface area contributed by atoms with Crippen LogP contribution in [0.5, 0.6) is 0 Å². The fourth-order valence-electron chi connectivity index (χ4n) is 1.66. The van der Waals surface area contributed by atoms with Crippen LogP contribution in [0.25, 0.3) is 11.4 Å². The molecular weight excluding hydrogens is 232 g/mol. The molecule has 2 aromatic heterocycles. The van der Waals surface area contributed by atoms with Crippen LogP contribution in [-0.2, 0) is 11.3 Å². The van der Waals surface area contributed by atoms with Crippen molar-refractivity contribution in [2.75, 3.05) is 6.61 Å². The first-order valence-electron chi connectivity index (χ1n) is 5.78. The van der Waals surface area contributed by atoms with Gasteiger partial charge in [-0.25, -0.2) is 4.79 Å². The van der Waals surface area contributed by atoms with Crippen LogP contribution in [0.1, 0.15) is 24.5 Å². The minimum Gasteiger partial charge on any atom is -0.460 e. The fourth-order valence-corrected chi connectivity index (χ4v) is 1.66. The Morgan fingerprint density at radius 1 is 1.28 bits per heavy atom. The van der Waals surface area contributed by atoms with Gasteiger partial charge in [0.15, 0.2) is 5.82 Å². The van der Waals surface area contributed by atoms with Crippen LogP contribution >= 0.6 is 0 Å². The molecule has 0 saturated heterocycles. The van der Waals surface area contributed by atoms with Gasteiger partial charge in [-0.2, -0.15) is 0 Å². The zero-order valence-corrected chi connectivity index (χ0v) is 10.3. The first kappa shape index (κ1) is 12.2. The maximum atomic E-state index is 11.7. The highest BCUT2D eigenvalue weighted by Gasteiger charge is 2.19. The molecule has 6 heteroatoms. The summed E-state index contributed by atoms with van der Waals surface area (Å²) in [5.41, 5.74) is 0.870. The SMILES string of the molecule is CCOC(=O)c1nnc(-c2ccncc2)n1CC. The standard InChI is InChI=1S/C12H14N4O2/c1-3-16-10(9-5-7-13-8-6-9)14-15-11(16)12(17)18-4-2/h5-8H,3-4H2,1-2H3. The molecule has 0 aliphatic carbocycles. The largest absolute Gasteiger partial charge is 0.460 e. The third-order valence-electron chi connectivity index (χ3n) is 2.46. The monoisotopic (exact) mass is 246 g/mol. The van der Waals surface area contributed by atoms with Gasteiger partial charge in [0.1, 0.15) is 0 Å². The Hall–Kier alpha value is -2.24. The highest BCUT2D eigenvalue weighted by atomic mass is 16.5. The van der Waals surface area contributed by atoms with Gasteiger partial charge in [-0.3, -0.25) is 4.98 Å². The van der Waals surface area contributed by atoms with Gasteiger partial charge in [0.2, 0.25) is 5.82 Å².